The minimum atomic E-state index is -4.17. The Morgan fingerprint density at radius 1 is 1.08 bits per heavy atom. The average Bonchev–Trinajstić information content (AvgIpc) is 3.11. The predicted octanol–water partition coefficient (Wildman–Crippen LogP) is 2.75. The molecule has 11 nitrogen and oxygen atoms in total. The number of hydrogen-bond acceptors (Lipinski definition) is 9. The third kappa shape index (κ3) is 5.47. The van der Waals surface area contributed by atoms with Gasteiger partial charge in [-0.25, -0.2) is 8.98 Å². The van der Waals surface area contributed by atoms with Gasteiger partial charge in [0.25, 0.3) is 15.7 Å². The Kier molecular flexibility index (Phi) is 7.52. The molecule has 2 aliphatic rings. The van der Waals surface area contributed by atoms with Crippen molar-refractivity contribution in [3.05, 3.63) is 44.2 Å². The summed E-state index contributed by atoms with van der Waals surface area (Å²) >= 11 is 0. The number of aromatic nitrogens is 2. The van der Waals surface area contributed by atoms with E-state index in [1.165, 1.54) is 16.8 Å². The van der Waals surface area contributed by atoms with Gasteiger partial charge in [0, 0.05) is 12.3 Å². The number of nitrogens with one attached hydrogen (secondary N) is 1. The molecule has 1 fully saturated rings. The summed E-state index contributed by atoms with van der Waals surface area (Å²) in [7, 11) is -9.10. The van der Waals surface area contributed by atoms with Crippen LogP contribution in [0.1, 0.15) is 47.8 Å². The lowest BCUT2D eigenvalue weighted by molar-refractivity contribution is -0.0562. The van der Waals surface area contributed by atoms with E-state index in [2.05, 4.69) is 38.8 Å². The highest BCUT2D eigenvalue weighted by molar-refractivity contribution is 7.90. The van der Waals surface area contributed by atoms with Gasteiger partial charge in [0.1, 0.15) is 12.2 Å². The summed E-state index contributed by atoms with van der Waals surface area (Å²) < 4.78 is 52.0. The molecular weight excluding hydrogens is 535 g/mol. The molecule has 3 N–H and O–H groups in total. The van der Waals surface area contributed by atoms with Crippen molar-refractivity contribution in [2.24, 2.45) is 5.73 Å². The van der Waals surface area contributed by atoms with Crippen LogP contribution in [0.5, 0.6) is 0 Å². The van der Waals surface area contributed by atoms with Crippen LogP contribution in [0.25, 0.3) is 0 Å². The summed E-state index contributed by atoms with van der Waals surface area (Å²) in [5.41, 5.74) is 3.25. The largest absolute Gasteiger partial charge is 0.414 e. The van der Waals surface area contributed by atoms with Gasteiger partial charge in [-0.3, -0.25) is 14.3 Å². The number of H-pyrrole nitrogens is 1. The summed E-state index contributed by atoms with van der Waals surface area (Å²) in [6.45, 7) is 20.4. The lowest BCUT2D eigenvalue weighted by atomic mass is 9.89. The van der Waals surface area contributed by atoms with Gasteiger partial charge in [-0.2, -0.15) is 8.42 Å². The monoisotopic (exact) mass is 575 g/mol. The van der Waals surface area contributed by atoms with Gasteiger partial charge in [-0.1, -0.05) is 41.5 Å². The zero-order chi connectivity index (χ0) is 28.4. The fraction of sp³-hybridized carbons (Fsp3) is 0.739. The van der Waals surface area contributed by atoms with Gasteiger partial charge in [0.15, 0.2) is 28.5 Å². The second-order valence-electron chi connectivity index (χ2n) is 12.8. The highest BCUT2D eigenvalue weighted by Gasteiger charge is 2.67. The van der Waals surface area contributed by atoms with Crippen LogP contribution in [0.3, 0.4) is 0 Å². The molecule has 1 aromatic rings. The molecule has 1 saturated heterocycles. The van der Waals surface area contributed by atoms with E-state index < -0.39 is 62.0 Å². The van der Waals surface area contributed by atoms with Crippen LogP contribution in [0.2, 0.25) is 36.3 Å². The van der Waals surface area contributed by atoms with Crippen molar-refractivity contribution in [1.29, 1.82) is 0 Å². The van der Waals surface area contributed by atoms with E-state index in [1.54, 1.807) is 0 Å². The first kappa shape index (κ1) is 30.0. The molecule has 3 rings (SSSR count). The molecule has 210 valence electrons. The average molecular weight is 576 g/mol. The van der Waals surface area contributed by atoms with Gasteiger partial charge >= 0.3 is 5.69 Å². The number of nitrogens with two attached hydrogens (primary N) is 1. The SMILES string of the molecule is CC(C)(C)[Si](C)(C)OCC1OC(n2ccc(=O)[nH]c2=O)C(O[Si](C)(C)C(C)(C)C)C12OS(=O)(=O)C=C2N. The second kappa shape index (κ2) is 9.28. The summed E-state index contributed by atoms with van der Waals surface area (Å²) in [6.07, 6.45) is -2.00. The molecule has 4 atom stereocenters. The van der Waals surface area contributed by atoms with Crippen LogP contribution in [-0.2, 0) is 27.9 Å². The first-order valence-electron chi connectivity index (χ1n) is 12.3. The Morgan fingerprint density at radius 2 is 1.65 bits per heavy atom. The molecule has 3 heterocycles. The van der Waals surface area contributed by atoms with Crippen molar-refractivity contribution in [3.63, 3.8) is 0 Å². The first-order valence-corrected chi connectivity index (χ1v) is 19.5. The Labute approximate surface area is 220 Å². The lowest BCUT2D eigenvalue weighted by Gasteiger charge is -2.43. The topological polar surface area (TPSA) is 152 Å². The second-order valence-corrected chi connectivity index (χ2v) is 23.8. The molecular formula is C23H41N3O8SSi2. The van der Waals surface area contributed by atoms with Gasteiger partial charge < -0.3 is 19.3 Å². The number of nitrogens with zero attached hydrogens (tertiary/aromatic N) is 1. The molecule has 2 aliphatic heterocycles. The van der Waals surface area contributed by atoms with Gasteiger partial charge in [-0.05, 0) is 36.3 Å². The Morgan fingerprint density at radius 3 is 2.11 bits per heavy atom. The van der Waals surface area contributed by atoms with Gasteiger partial charge in [0.2, 0.25) is 0 Å². The van der Waals surface area contributed by atoms with Crippen LogP contribution in [0, 0.1) is 0 Å². The molecule has 4 unspecified atom stereocenters. The lowest BCUT2D eigenvalue weighted by Crippen LogP contribution is -2.59. The van der Waals surface area contributed by atoms with E-state index >= 15 is 0 Å². The van der Waals surface area contributed by atoms with Crippen molar-refractivity contribution in [3.8, 4) is 0 Å². The predicted molar refractivity (Wildman–Crippen MR) is 145 cm³/mol. The van der Waals surface area contributed by atoms with Crippen molar-refractivity contribution in [2.45, 2.75) is 102 Å². The van der Waals surface area contributed by atoms with E-state index in [4.69, 9.17) is 23.5 Å². The maximum Gasteiger partial charge on any atom is 0.330 e. The summed E-state index contributed by atoms with van der Waals surface area (Å²) in [5, 5.41) is 0.463. The van der Waals surface area contributed by atoms with Crippen LogP contribution in [0.4, 0.5) is 0 Å². The third-order valence-corrected chi connectivity index (χ3v) is 18.2. The summed E-state index contributed by atoms with van der Waals surface area (Å²) in [4.78, 5) is 26.9. The van der Waals surface area contributed by atoms with Crippen LogP contribution in [-0.4, -0.2) is 59.0 Å². The van der Waals surface area contributed by atoms with E-state index in [0.717, 1.165) is 5.41 Å². The fourth-order valence-electron chi connectivity index (χ4n) is 3.84. The number of rotatable bonds is 6. The van der Waals surface area contributed by atoms with Gasteiger partial charge in [0.05, 0.1) is 17.7 Å². The smallest absolute Gasteiger partial charge is 0.330 e. The normalized spacial score (nSPS) is 28.6. The standard InChI is InChI=1S/C23H41N3O8SSi2/c1-21(2,3)36(7,8)31-13-16-23(15(24)14-35(29,30)34-23)18(33-37(9,10)22(4,5)6)19(32-16)26-12-11-17(27)25-20(26)28/h11-12,14,16,18-19H,13,24H2,1-10H3,(H,25,27,28). The molecule has 0 saturated carbocycles. The first-order chi connectivity index (χ1) is 16.5. The Bertz CT molecular complexity index is 1290. The number of aromatic amines is 1. The molecule has 37 heavy (non-hydrogen) atoms. The highest BCUT2D eigenvalue weighted by atomic mass is 32.2. The maximum absolute atomic E-state index is 12.9. The number of hydrogen-bond donors (Lipinski definition) is 2. The quantitative estimate of drug-likeness (QED) is 0.385. The zero-order valence-corrected chi connectivity index (χ0v) is 26.2. The fourth-order valence-corrected chi connectivity index (χ4v) is 7.35. The molecule has 0 amide bonds. The van der Waals surface area contributed by atoms with E-state index in [0.29, 0.717) is 0 Å². The van der Waals surface area contributed by atoms with Crippen molar-refractivity contribution < 1.29 is 26.2 Å². The molecule has 0 aromatic carbocycles. The van der Waals surface area contributed by atoms with Crippen molar-refractivity contribution in [1.82, 2.24) is 9.55 Å². The summed E-state index contributed by atoms with van der Waals surface area (Å²) in [5.74, 6) is 0. The molecule has 1 aromatic heterocycles. The van der Waals surface area contributed by atoms with E-state index in [1.807, 2.05) is 33.9 Å². The van der Waals surface area contributed by atoms with Crippen molar-refractivity contribution >= 4 is 26.8 Å². The Balaban J connectivity index is 2.21. The molecule has 0 radical (unpaired) electrons. The third-order valence-electron chi connectivity index (χ3n) is 8.20. The van der Waals surface area contributed by atoms with E-state index in [9.17, 15) is 18.0 Å². The Hall–Kier alpha value is -1.56. The van der Waals surface area contributed by atoms with E-state index in [-0.39, 0.29) is 22.4 Å². The minimum Gasteiger partial charge on any atom is -0.414 e. The zero-order valence-electron chi connectivity index (χ0n) is 23.4. The van der Waals surface area contributed by atoms with Crippen molar-refractivity contribution in [2.75, 3.05) is 6.61 Å². The van der Waals surface area contributed by atoms with Crippen LogP contribution < -0.4 is 17.0 Å². The molecule has 14 heteroatoms. The highest BCUT2D eigenvalue weighted by Crippen LogP contribution is 2.52. The molecule has 1 spiro atoms. The van der Waals surface area contributed by atoms with Gasteiger partial charge in [-0.15, -0.1) is 0 Å². The van der Waals surface area contributed by atoms with Crippen LogP contribution >= 0.6 is 0 Å². The van der Waals surface area contributed by atoms with Crippen LogP contribution in [0.15, 0.2) is 33.0 Å². The molecule has 0 aliphatic carbocycles. The summed E-state index contributed by atoms with van der Waals surface area (Å²) in [6, 6.07) is 1.19. The number of ether oxygens (including phenoxy) is 1. The maximum atomic E-state index is 12.9. The minimum absolute atomic E-state index is 0.0352. The molecule has 0 bridgehead atoms.